The normalized spacial score (nSPS) is 13.5. The molecule has 1 aliphatic rings. The summed E-state index contributed by atoms with van der Waals surface area (Å²) in [6.45, 7) is 4.10. The second-order valence-electron chi connectivity index (χ2n) is 7.17. The molecule has 0 spiro atoms. The molecule has 0 aromatic heterocycles. The minimum Gasteiger partial charge on any atom is -0.494 e. The first kappa shape index (κ1) is 22.0. The van der Waals surface area contributed by atoms with Crippen LogP contribution in [0.2, 0.25) is 0 Å². The number of carbonyl (C=O) groups is 3. The quantitative estimate of drug-likeness (QED) is 0.324. The molecular formula is C23H24BrNO5. The highest BCUT2D eigenvalue weighted by Gasteiger charge is 2.25. The van der Waals surface area contributed by atoms with Crippen molar-refractivity contribution in [1.82, 2.24) is 0 Å². The molecule has 0 bridgehead atoms. The molecule has 0 saturated heterocycles. The Labute approximate surface area is 184 Å². The molecule has 6 nitrogen and oxygen atoms in total. The van der Waals surface area contributed by atoms with Gasteiger partial charge in [-0.15, -0.1) is 0 Å². The maximum absolute atomic E-state index is 12.7. The number of ether oxygens (including phenoxy) is 2. The lowest BCUT2D eigenvalue weighted by Gasteiger charge is -2.16. The lowest BCUT2D eigenvalue weighted by Crippen LogP contribution is -2.26. The highest BCUT2D eigenvalue weighted by molar-refractivity contribution is 9.10. The Hall–Kier alpha value is -2.67. The van der Waals surface area contributed by atoms with E-state index in [0.717, 1.165) is 21.5 Å². The van der Waals surface area contributed by atoms with Crippen LogP contribution in [-0.4, -0.2) is 36.9 Å². The Balaban J connectivity index is 1.47. The highest BCUT2D eigenvalue weighted by Crippen LogP contribution is 2.29. The average molecular weight is 474 g/mol. The Morgan fingerprint density at radius 3 is 2.70 bits per heavy atom. The van der Waals surface area contributed by atoms with Crippen LogP contribution in [0.5, 0.6) is 5.75 Å². The molecule has 1 atom stereocenters. The van der Waals surface area contributed by atoms with E-state index in [0.29, 0.717) is 31.6 Å². The summed E-state index contributed by atoms with van der Waals surface area (Å²) < 4.78 is 11.8. The predicted molar refractivity (Wildman–Crippen MR) is 117 cm³/mol. The summed E-state index contributed by atoms with van der Waals surface area (Å²) in [6.07, 6.45) is 0.504. The number of benzene rings is 2. The van der Waals surface area contributed by atoms with Gasteiger partial charge >= 0.3 is 5.97 Å². The summed E-state index contributed by atoms with van der Waals surface area (Å²) in [6, 6.07) is 12.7. The van der Waals surface area contributed by atoms with Gasteiger partial charge in [0.2, 0.25) is 11.7 Å². The number of ketones is 1. The van der Waals surface area contributed by atoms with Gasteiger partial charge in [0.15, 0.2) is 6.10 Å². The molecule has 158 valence electrons. The molecule has 2 aromatic rings. The topological polar surface area (TPSA) is 72.9 Å². The fraction of sp³-hybridized carbons (Fsp3) is 0.348. The zero-order valence-electron chi connectivity index (χ0n) is 17.0. The number of halogens is 1. The molecule has 1 unspecified atom stereocenters. The molecule has 1 heterocycles. The number of hydrogen-bond donors (Lipinski definition) is 0. The van der Waals surface area contributed by atoms with E-state index >= 15 is 0 Å². The van der Waals surface area contributed by atoms with Crippen molar-refractivity contribution in [3.05, 3.63) is 58.1 Å². The number of amides is 1. The Kier molecular flexibility index (Phi) is 7.26. The third-order valence-corrected chi connectivity index (χ3v) is 5.40. The van der Waals surface area contributed by atoms with Crippen molar-refractivity contribution in [3.63, 3.8) is 0 Å². The van der Waals surface area contributed by atoms with Crippen LogP contribution in [0.3, 0.4) is 0 Å². The molecule has 0 saturated carbocycles. The van der Waals surface area contributed by atoms with Crippen LogP contribution in [0.15, 0.2) is 46.9 Å². The fourth-order valence-electron chi connectivity index (χ4n) is 3.39. The molecule has 3 rings (SSSR count). The summed E-state index contributed by atoms with van der Waals surface area (Å²) in [5, 5.41) is 0. The molecule has 0 fully saturated rings. The third-order valence-electron chi connectivity index (χ3n) is 4.91. The van der Waals surface area contributed by atoms with Crippen LogP contribution >= 0.6 is 15.9 Å². The summed E-state index contributed by atoms with van der Waals surface area (Å²) in [4.78, 5) is 38.1. The Morgan fingerprint density at radius 1 is 1.17 bits per heavy atom. The SMILES string of the molecule is CC(=O)N1CCc2cc(C(=O)C(C)OC(=O)CCCOc3cccc(Br)c3)ccc21. The van der Waals surface area contributed by atoms with Crippen molar-refractivity contribution in [3.8, 4) is 5.75 Å². The van der Waals surface area contributed by atoms with E-state index in [2.05, 4.69) is 15.9 Å². The standard InChI is InChI=1S/C23H24BrNO5/c1-15(30-22(27)7-4-12-29-20-6-3-5-19(24)14-20)23(28)18-8-9-21-17(13-18)10-11-25(21)16(2)26/h3,5-6,8-9,13-15H,4,7,10-12H2,1-2H3. The predicted octanol–water partition coefficient (Wildman–Crippen LogP) is 4.33. The third kappa shape index (κ3) is 5.48. The average Bonchev–Trinajstić information content (AvgIpc) is 3.14. The minimum atomic E-state index is -0.869. The van der Waals surface area contributed by atoms with Gasteiger partial charge in [0.05, 0.1) is 6.61 Å². The largest absolute Gasteiger partial charge is 0.494 e. The van der Waals surface area contributed by atoms with Crippen molar-refractivity contribution < 1.29 is 23.9 Å². The molecular weight excluding hydrogens is 450 g/mol. The van der Waals surface area contributed by atoms with Gasteiger partial charge in [0, 0.05) is 35.6 Å². The van der Waals surface area contributed by atoms with Crippen LogP contribution in [0.25, 0.3) is 0 Å². The van der Waals surface area contributed by atoms with Gasteiger partial charge < -0.3 is 14.4 Å². The van der Waals surface area contributed by atoms with Crippen molar-refractivity contribution in [1.29, 1.82) is 0 Å². The number of rotatable bonds is 8. The van der Waals surface area contributed by atoms with Gasteiger partial charge in [-0.3, -0.25) is 14.4 Å². The Morgan fingerprint density at radius 2 is 1.97 bits per heavy atom. The minimum absolute atomic E-state index is 0.0148. The first-order valence-electron chi connectivity index (χ1n) is 9.88. The molecule has 2 aromatic carbocycles. The second-order valence-corrected chi connectivity index (χ2v) is 8.09. The van der Waals surface area contributed by atoms with Gasteiger partial charge in [-0.25, -0.2) is 0 Å². The highest BCUT2D eigenvalue weighted by atomic mass is 79.9. The summed E-state index contributed by atoms with van der Waals surface area (Å²) >= 11 is 3.38. The second kappa shape index (κ2) is 9.89. The zero-order chi connectivity index (χ0) is 21.7. The van der Waals surface area contributed by atoms with Crippen LogP contribution in [0.4, 0.5) is 5.69 Å². The van der Waals surface area contributed by atoms with Gasteiger partial charge in [-0.2, -0.15) is 0 Å². The number of Topliss-reactive ketones (excluding diaryl/α,β-unsaturated/α-hetero) is 1. The number of carbonyl (C=O) groups excluding carboxylic acids is 3. The van der Waals surface area contributed by atoms with Gasteiger partial charge in [0.25, 0.3) is 0 Å². The Bertz CT molecular complexity index is 958. The fourth-order valence-corrected chi connectivity index (χ4v) is 3.77. The molecule has 0 aliphatic carbocycles. The van der Waals surface area contributed by atoms with Crippen LogP contribution < -0.4 is 9.64 Å². The summed E-state index contributed by atoms with van der Waals surface area (Å²) in [5.41, 5.74) is 2.28. The molecule has 7 heteroatoms. The van der Waals surface area contributed by atoms with Crippen molar-refractivity contribution >= 4 is 39.3 Å². The maximum atomic E-state index is 12.7. The van der Waals surface area contributed by atoms with Crippen LogP contribution in [0, 0.1) is 0 Å². The maximum Gasteiger partial charge on any atom is 0.306 e. The van der Waals surface area contributed by atoms with Crippen LogP contribution in [0.1, 0.15) is 42.6 Å². The van der Waals surface area contributed by atoms with Crippen molar-refractivity contribution in [2.45, 2.75) is 39.2 Å². The lowest BCUT2D eigenvalue weighted by atomic mass is 10.0. The zero-order valence-corrected chi connectivity index (χ0v) is 18.6. The summed E-state index contributed by atoms with van der Waals surface area (Å²) in [5.74, 6) is 0.0238. The number of nitrogens with zero attached hydrogens (tertiary/aromatic N) is 1. The molecule has 1 amide bonds. The first-order valence-corrected chi connectivity index (χ1v) is 10.7. The molecule has 0 N–H and O–H groups in total. The van der Waals surface area contributed by atoms with Gasteiger partial charge in [-0.1, -0.05) is 22.0 Å². The number of fused-ring (bicyclic) bond motifs is 1. The van der Waals surface area contributed by atoms with E-state index in [1.807, 2.05) is 24.3 Å². The smallest absolute Gasteiger partial charge is 0.306 e. The van der Waals surface area contributed by atoms with Crippen molar-refractivity contribution in [2.24, 2.45) is 0 Å². The molecule has 0 radical (unpaired) electrons. The van der Waals surface area contributed by atoms with E-state index in [-0.39, 0.29) is 18.1 Å². The number of hydrogen-bond acceptors (Lipinski definition) is 5. The first-order chi connectivity index (χ1) is 14.3. The van der Waals surface area contributed by atoms with Crippen LogP contribution in [-0.2, 0) is 20.7 Å². The van der Waals surface area contributed by atoms with E-state index < -0.39 is 12.1 Å². The molecule has 30 heavy (non-hydrogen) atoms. The van der Waals surface area contributed by atoms with Crippen molar-refractivity contribution in [2.75, 3.05) is 18.1 Å². The number of esters is 1. The van der Waals surface area contributed by atoms with E-state index in [1.54, 1.807) is 30.0 Å². The lowest BCUT2D eigenvalue weighted by molar-refractivity contribution is -0.146. The summed E-state index contributed by atoms with van der Waals surface area (Å²) in [7, 11) is 0. The van der Waals surface area contributed by atoms with Gasteiger partial charge in [0.1, 0.15) is 5.75 Å². The van der Waals surface area contributed by atoms with Gasteiger partial charge in [-0.05, 0) is 61.7 Å². The number of anilines is 1. The van der Waals surface area contributed by atoms with E-state index in [4.69, 9.17) is 9.47 Å². The van der Waals surface area contributed by atoms with E-state index in [1.165, 1.54) is 6.92 Å². The van der Waals surface area contributed by atoms with E-state index in [9.17, 15) is 14.4 Å². The molecule has 1 aliphatic heterocycles. The monoisotopic (exact) mass is 473 g/mol.